The number of hydrogen-bond donors (Lipinski definition) is 4. The average Bonchev–Trinajstić information content (AvgIpc) is 2.56. The lowest BCUT2D eigenvalue weighted by atomic mass is 9.83. The van der Waals surface area contributed by atoms with Gasteiger partial charge in [-0.15, -0.1) is 0 Å². The number of hydrogen-bond acceptors (Lipinski definition) is 4. The molecule has 0 aromatic rings. The van der Waals surface area contributed by atoms with Gasteiger partial charge in [0, 0.05) is 0 Å². The van der Waals surface area contributed by atoms with Gasteiger partial charge < -0.3 is 20.4 Å². The van der Waals surface area contributed by atoms with E-state index >= 15 is 0 Å². The summed E-state index contributed by atoms with van der Waals surface area (Å²) in [5, 5.41) is 32.5. The summed E-state index contributed by atoms with van der Waals surface area (Å²) in [5.41, 5.74) is 0. The largest absolute Gasteiger partial charge is 0.481 e. The highest BCUT2D eigenvalue weighted by molar-refractivity contribution is 5.70. The van der Waals surface area contributed by atoms with Gasteiger partial charge in [0.1, 0.15) is 0 Å². The molecule has 24 heavy (non-hydrogen) atoms. The molecule has 2 fully saturated rings. The molecular weight excluding hydrogens is 312 g/mol. The van der Waals surface area contributed by atoms with Crippen LogP contribution in [0.5, 0.6) is 0 Å². The monoisotopic (exact) mass is 346 g/mol. The van der Waals surface area contributed by atoms with Crippen molar-refractivity contribution in [1.29, 1.82) is 0 Å². The molecule has 4 N–H and O–H groups in total. The first-order valence-electron chi connectivity index (χ1n) is 8.99. The van der Waals surface area contributed by atoms with E-state index in [1.807, 2.05) is 0 Å². The number of carbonyl (C=O) groups is 2. The molecule has 0 aliphatic heterocycles. The van der Waals surface area contributed by atoms with E-state index in [4.69, 9.17) is 20.4 Å². The molecule has 2 aliphatic rings. The quantitative estimate of drug-likeness (QED) is 0.624. The van der Waals surface area contributed by atoms with Gasteiger partial charge in [-0.25, -0.2) is 0 Å². The maximum absolute atomic E-state index is 10.5. The van der Waals surface area contributed by atoms with Crippen LogP contribution in [0.1, 0.15) is 65.2 Å². The van der Waals surface area contributed by atoms with Crippen molar-refractivity contribution in [3.05, 3.63) is 0 Å². The Balaban J connectivity index is 0.000000363. The molecular formula is C18H34O6. The van der Waals surface area contributed by atoms with Crippen molar-refractivity contribution in [2.75, 3.05) is 13.2 Å². The number of carboxylic acid groups (broad SMARTS) is 2. The molecule has 0 atom stereocenters. The standard InChI is InChI=1S/2C8H14O2.C2H6O2/c2*1-6-2-4-7(5-3-6)8(9)10;3-1-2-4/h2*6-7H,2-5H2,1H3,(H,9,10);3-4H,1-2H2. The summed E-state index contributed by atoms with van der Waals surface area (Å²) in [7, 11) is 0. The van der Waals surface area contributed by atoms with E-state index in [0.29, 0.717) is 0 Å². The summed E-state index contributed by atoms with van der Waals surface area (Å²) < 4.78 is 0. The van der Waals surface area contributed by atoms with Crippen molar-refractivity contribution < 1.29 is 30.0 Å². The summed E-state index contributed by atoms with van der Waals surface area (Å²) in [4.78, 5) is 20.9. The van der Waals surface area contributed by atoms with Gasteiger partial charge in [0.05, 0.1) is 25.0 Å². The minimum atomic E-state index is -0.605. The van der Waals surface area contributed by atoms with Gasteiger partial charge in [0.25, 0.3) is 0 Å². The molecule has 2 rings (SSSR count). The second-order valence-corrected chi connectivity index (χ2v) is 7.04. The number of rotatable bonds is 3. The molecule has 0 amide bonds. The van der Waals surface area contributed by atoms with Crippen molar-refractivity contribution in [3.8, 4) is 0 Å². The lowest BCUT2D eigenvalue weighted by Crippen LogP contribution is -2.19. The lowest BCUT2D eigenvalue weighted by Gasteiger charge is -2.22. The maximum Gasteiger partial charge on any atom is 0.306 e. The molecule has 0 radical (unpaired) electrons. The zero-order chi connectivity index (χ0) is 18.5. The minimum absolute atomic E-state index is 0.0452. The number of aliphatic hydroxyl groups excluding tert-OH is 2. The first-order chi connectivity index (χ1) is 11.3. The second kappa shape index (κ2) is 13.2. The van der Waals surface area contributed by atoms with Gasteiger partial charge in [0.15, 0.2) is 0 Å². The van der Waals surface area contributed by atoms with Gasteiger partial charge in [-0.2, -0.15) is 0 Å². The minimum Gasteiger partial charge on any atom is -0.481 e. The predicted molar refractivity (Wildman–Crippen MR) is 91.7 cm³/mol. The van der Waals surface area contributed by atoms with Crippen molar-refractivity contribution in [2.45, 2.75) is 65.2 Å². The Morgan fingerprint density at radius 1 is 0.667 bits per heavy atom. The van der Waals surface area contributed by atoms with Crippen molar-refractivity contribution in [2.24, 2.45) is 23.7 Å². The van der Waals surface area contributed by atoms with Crippen LogP contribution in [0.25, 0.3) is 0 Å². The SMILES string of the molecule is CC1CCC(C(=O)O)CC1.CC1CCC(C(=O)O)CC1.OCCO. The highest BCUT2D eigenvalue weighted by atomic mass is 16.4. The van der Waals surface area contributed by atoms with E-state index in [2.05, 4.69) is 13.8 Å². The Kier molecular flexibility index (Phi) is 12.6. The fraction of sp³-hybridized carbons (Fsp3) is 0.889. The van der Waals surface area contributed by atoms with Crippen LogP contribution in [0.3, 0.4) is 0 Å². The molecule has 0 bridgehead atoms. The zero-order valence-corrected chi connectivity index (χ0v) is 15.0. The normalized spacial score (nSPS) is 29.3. The van der Waals surface area contributed by atoms with E-state index in [-0.39, 0.29) is 25.0 Å². The molecule has 0 spiro atoms. The molecule has 0 aromatic heterocycles. The van der Waals surface area contributed by atoms with E-state index in [9.17, 15) is 9.59 Å². The van der Waals surface area contributed by atoms with E-state index in [1.54, 1.807) is 0 Å². The molecule has 0 heterocycles. The van der Waals surface area contributed by atoms with Crippen molar-refractivity contribution in [3.63, 3.8) is 0 Å². The Hall–Kier alpha value is -1.14. The van der Waals surface area contributed by atoms with Gasteiger partial charge >= 0.3 is 11.9 Å². The summed E-state index contributed by atoms with van der Waals surface area (Å²) in [6.07, 6.45) is 7.92. The number of carboxylic acids is 2. The summed E-state index contributed by atoms with van der Waals surface area (Å²) in [6.45, 7) is 4.14. The summed E-state index contributed by atoms with van der Waals surface area (Å²) >= 11 is 0. The third-order valence-electron chi connectivity index (χ3n) is 4.83. The Morgan fingerprint density at radius 2 is 0.917 bits per heavy atom. The molecule has 142 valence electrons. The van der Waals surface area contributed by atoms with E-state index < -0.39 is 11.9 Å². The second-order valence-electron chi connectivity index (χ2n) is 7.04. The van der Waals surface area contributed by atoms with E-state index in [0.717, 1.165) is 63.2 Å². The topological polar surface area (TPSA) is 115 Å². The maximum atomic E-state index is 10.5. The molecule has 0 aromatic carbocycles. The van der Waals surface area contributed by atoms with Crippen LogP contribution in [-0.4, -0.2) is 45.6 Å². The Labute approximate surface area is 144 Å². The predicted octanol–water partition coefficient (Wildman–Crippen LogP) is 2.77. The third-order valence-corrected chi connectivity index (χ3v) is 4.83. The molecule has 6 heteroatoms. The highest BCUT2D eigenvalue weighted by Gasteiger charge is 2.23. The fourth-order valence-corrected chi connectivity index (χ4v) is 3.01. The number of aliphatic carboxylic acids is 2. The van der Waals surface area contributed by atoms with Gasteiger partial charge in [-0.3, -0.25) is 9.59 Å². The first-order valence-corrected chi connectivity index (χ1v) is 8.99. The van der Waals surface area contributed by atoms with Gasteiger partial charge in [-0.1, -0.05) is 13.8 Å². The smallest absolute Gasteiger partial charge is 0.306 e. The van der Waals surface area contributed by atoms with Gasteiger partial charge in [0.2, 0.25) is 0 Å². The first kappa shape index (κ1) is 22.9. The lowest BCUT2D eigenvalue weighted by molar-refractivity contribution is -0.144. The Morgan fingerprint density at radius 3 is 1.08 bits per heavy atom. The Bertz CT molecular complexity index is 307. The van der Waals surface area contributed by atoms with E-state index in [1.165, 1.54) is 0 Å². The van der Waals surface area contributed by atoms with Gasteiger partial charge in [-0.05, 0) is 63.2 Å². The molecule has 0 unspecified atom stereocenters. The average molecular weight is 346 g/mol. The molecule has 2 aliphatic carbocycles. The van der Waals surface area contributed by atoms with Crippen LogP contribution in [-0.2, 0) is 9.59 Å². The molecule has 2 saturated carbocycles. The van der Waals surface area contributed by atoms with Crippen LogP contribution in [0, 0.1) is 23.7 Å². The van der Waals surface area contributed by atoms with Crippen LogP contribution in [0.4, 0.5) is 0 Å². The van der Waals surface area contributed by atoms with Crippen molar-refractivity contribution in [1.82, 2.24) is 0 Å². The van der Waals surface area contributed by atoms with Crippen LogP contribution in [0.2, 0.25) is 0 Å². The molecule has 0 saturated heterocycles. The summed E-state index contributed by atoms with van der Waals surface area (Å²) in [5.74, 6) is 0.192. The van der Waals surface area contributed by atoms with Crippen molar-refractivity contribution >= 4 is 11.9 Å². The summed E-state index contributed by atoms with van der Waals surface area (Å²) in [6, 6.07) is 0. The van der Waals surface area contributed by atoms with Crippen LogP contribution < -0.4 is 0 Å². The molecule has 6 nitrogen and oxygen atoms in total. The third kappa shape index (κ3) is 10.6. The fourth-order valence-electron chi connectivity index (χ4n) is 3.01. The number of aliphatic hydroxyl groups is 2. The van der Waals surface area contributed by atoms with Crippen LogP contribution >= 0.6 is 0 Å². The zero-order valence-electron chi connectivity index (χ0n) is 15.0. The van der Waals surface area contributed by atoms with Crippen LogP contribution in [0.15, 0.2) is 0 Å². The highest BCUT2D eigenvalue weighted by Crippen LogP contribution is 2.28.